The smallest absolute Gasteiger partial charge is 0.225 e. The summed E-state index contributed by atoms with van der Waals surface area (Å²) in [7, 11) is 1.81. The third kappa shape index (κ3) is 5.39. The second kappa shape index (κ2) is 7.50. The summed E-state index contributed by atoms with van der Waals surface area (Å²) in [5, 5.41) is 6.26. The molecular weight excluding hydrogens is 252 g/mol. The number of guanidine groups is 1. The lowest BCUT2D eigenvalue weighted by Crippen LogP contribution is -2.47. The molecule has 0 atom stereocenters. The first-order chi connectivity index (χ1) is 9.34. The lowest BCUT2D eigenvalue weighted by atomic mass is 9.96. The van der Waals surface area contributed by atoms with Crippen molar-refractivity contribution in [1.29, 1.82) is 0 Å². The van der Waals surface area contributed by atoms with Crippen LogP contribution in [0.2, 0.25) is 0 Å². The molecule has 1 aliphatic heterocycles. The van der Waals surface area contributed by atoms with E-state index in [4.69, 9.17) is 0 Å². The largest absolute Gasteiger partial charge is 0.354 e. The van der Waals surface area contributed by atoms with Crippen LogP contribution in [-0.2, 0) is 4.79 Å². The average Bonchev–Trinajstić information content (AvgIpc) is 2.39. The van der Waals surface area contributed by atoms with Gasteiger partial charge in [-0.1, -0.05) is 27.7 Å². The predicted octanol–water partition coefficient (Wildman–Crippen LogP) is 1.46. The van der Waals surface area contributed by atoms with Gasteiger partial charge in [-0.15, -0.1) is 0 Å². The zero-order valence-electron chi connectivity index (χ0n) is 13.6. The Kier molecular flexibility index (Phi) is 6.30. The highest BCUT2D eigenvalue weighted by Gasteiger charge is 2.21. The maximum atomic E-state index is 11.7. The molecule has 1 fully saturated rings. The third-order valence-electron chi connectivity index (χ3n) is 3.67. The molecule has 0 radical (unpaired) electrons. The molecule has 2 N–H and O–H groups in total. The molecular formula is C15H30N4O. The van der Waals surface area contributed by atoms with Crippen LogP contribution >= 0.6 is 0 Å². The average molecular weight is 282 g/mol. The third-order valence-corrected chi connectivity index (χ3v) is 3.67. The van der Waals surface area contributed by atoms with E-state index in [1.54, 1.807) is 0 Å². The molecule has 0 aliphatic carbocycles. The number of hydrogen-bond donors (Lipinski definition) is 2. The molecule has 0 aromatic carbocycles. The van der Waals surface area contributed by atoms with Crippen LogP contribution < -0.4 is 10.6 Å². The Morgan fingerprint density at radius 3 is 2.25 bits per heavy atom. The van der Waals surface area contributed by atoms with Gasteiger partial charge in [-0.05, 0) is 18.8 Å². The van der Waals surface area contributed by atoms with E-state index in [9.17, 15) is 4.79 Å². The van der Waals surface area contributed by atoms with Gasteiger partial charge in [-0.25, -0.2) is 0 Å². The summed E-state index contributed by atoms with van der Waals surface area (Å²) >= 11 is 0. The van der Waals surface area contributed by atoms with Crippen molar-refractivity contribution in [2.75, 3.05) is 33.2 Å². The van der Waals surface area contributed by atoms with Crippen molar-refractivity contribution >= 4 is 11.9 Å². The fourth-order valence-electron chi connectivity index (χ4n) is 2.17. The SMILES string of the molecule is CN=C(NCCNC(=O)C(C)(C)C)N1CCC(C)CC1. The maximum Gasteiger partial charge on any atom is 0.225 e. The fourth-order valence-corrected chi connectivity index (χ4v) is 2.17. The normalized spacial score (nSPS) is 18.1. The highest BCUT2D eigenvalue weighted by molar-refractivity contribution is 5.82. The zero-order valence-corrected chi connectivity index (χ0v) is 13.6. The number of rotatable bonds is 3. The van der Waals surface area contributed by atoms with Crippen molar-refractivity contribution in [2.45, 2.75) is 40.5 Å². The van der Waals surface area contributed by atoms with Crippen LogP contribution in [0.4, 0.5) is 0 Å². The van der Waals surface area contributed by atoms with Crippen LogP contribution in [0, 0.1) is 11.3 Å². The molecule has 0 aromatic rings. The van der Waals surface area contributed by atoms with Gasteiger partial charge in [0.25, 0.3) is 0 Å². The number of carbonyl (C=O) groups is 1. The molecule has 5 nitrogen and oxygen atoms in total. The van der Waals surface area contributed by atoms with Gasteiger partial charge in [-0.3, -0.25) is 9.79 Å². The highest BCUT2D eigenvalue weighted by atomic mass is 16.2. The molecule has 0 unspecified atom stereocenters. The number of nitrogens with zero attached hydrogens (tertiary/aromatic N) is 2. The molecule has 0 aromatic heterocycles. The number of carbonyl (C=O) groups excluding carboxylic acids is 1. The van der Waals surface area contributed by atoms with Crippen molar-refractivity contribution in [3.05, 3.63) is 0 Å². The number of likely N-dealkylation sites (tertiary alicyclic amines) is 1. The molecule has 1 amide bonds. The number of piperidine rings is 1. The minimum Gasteiger partial charge on any atom is -0.354 e. The first-order valence-electron chi connectivity index (χ1n) is 7.58. The van der Waals surface area contributed by atoms with E-state index in [2.05, 4.69) is 27.4 Å². The molecule has 1 heterocycles. The second-order valence-electron chi connectivity index (χ2n) is 6.65. The first kappa shape index (κ1) is 16.8. The van der Waals surface area contributed by atoms with E-state index in [-0.39, 0.29) is 11.3 Å². The second-order valence-corrected chi connectivity index (χ2v) is 6.65. The van der Waals surface area contributed by atoms with Crippen molar-refractivity contribution in [1.82, 2.24) is 15.5 Å². The van der Waals surface area contributed by atoms with Crippen molar-refractivity contribution in [2.24, 2.45) is 16.3 Å². The van der Waals surface area contributed by atoms with Gasteiger partial charge in [-0.2, -0.15) is 0 Å². The zero-order chi connectivity index (χ0) is 15.2. The van der Waals surface area contributed by atoms with E-state index in [1.807, 2.05) is 27.8 Å². The summed E-state index contributed by atoms with van der Waals surface area (Å²) < 4.78 is 0. The van der Waals surface area contributed by atoms with Gasteiger partial charge in [0.2, 0.25) is 5.91 Å². The summed E-state index contributed by atoms with van der Waals surface area (Å²) in [6.45, 7) is 11.5. The highest BCUT2D eigenvalue weighted by Crippen LogP contribution is 2.15. The van der Waals surface area contributed by atoms with E-state index in [0.717, 1.165) is 25.0 Å². The van der Waals surface area contributed by atoms with Crippen LogP contribution in [0.25, 0.3) is 0 Å². The molecule has 1 aliphatic rings. The molecule has 1 saturated heterocycles. The summed E-state index contributed by atoms with van der Waals surface area (Å²) in [6.07, 6.45) is 2.45. The predicted molar refractivity (Wildman–Crippen MR) is 83.8 cm³/mol. The Hall–Kier alpha value is -1.26. The van der Waals surface area contributed by atoms with Crippen molar-refractivity contribution in [3.8, 4) is 0 Å². The maximum absolute atomic E-state index is 11.7. The van der Waals surface area contributed by atoms with Gasteiger partial charge in [0.05, 0.1) is 0 Å². The minimum absolute atomic E-state index is 0.0843. The Balaban J connectivity index is 2.27. The van der Waals surface area contributed by atoms with Gasteiger partial charge in [0.1, 0.15) is 0 Å². The van der Waals surface area contributed by atoms with Gasteiger partial charge < -0.3 is 15.5 Å². The van der Waals surface area contributed by atoms with Crippen LogP contribution in [0.15, 0.2) is 4.99 Å². The molecule has 116 valence electrons. The summed E-state index contributed by atoms with van der Waals surface area (Å²) in [5.74, 6) is 1.85. The van der Waals surface area contributed by atoms with E-state index < -0.39 is 0 Å². The molecule has 5 heteroatoms. The molecule has 0 bridgehead atoms. The van der Waals surface area contributed by atoms with Crippen LogP contribution in [0.1, 0.15) is 40.5 Å². The van der Waals surface area contributed by atoms with E-state index >= 15 is 0 Å². The Bertz CT molecular complexity index is 338. The number of nitrogens with one attached hydrogen (secondary N) is 2. The Labute approximate surface area is 123 Å². The van der Waals surface area contributed by atoms with Gasteiger partial charge >= 0.3 is 0 Å². The topological polar surface area (TPSA) is 56.7 Å². The number of aliphatic imine (C=N–C) groups is 1. The molecule has 1 rings (SSSR count). The van der Waals surface area contributed by atoms with Crippen LogP contribution in [0.3, 0.4) is 0 Å². The van der Waals surface area contributed by atoms with E-state index in [1.165, 1.54) is 12.8 Å². The van der Waals surface area contributed by atoms with Gasteiger partial charge in [0.15, 0.2) is 5.96 Å². The molecule has 0 saturated carbocycles. The standard InChI is InChI=1S/C15H30N4O/c1-12-6-10-19(11-7-12)14(16-5)18-9-8-17-13(20)15(2,3)4/h12H,6-11H2,1-5H3,(H,16,18)(H,17,20). The van der Waals surface area contributed by atoms with E-state index in [0.29, 0.717) is 13.1 Å². The molecule has 20 heavy (non-hydrogen) atoms. The number of hydrogen-bond acceptors (Lipinski definition) is 2. The molecule has 0 spiro atoms. The lowest BCUT2D eigenvalue weighted by molar-refractivity contribution is -0.128. The van der Waals surface area contributed by atoms with Crippen molar-refractivity contribution < 1.29 is 4.79 Å². The Morgan fingerprint density at radius 1 is 1.20 bits per heavy atom. The van der Waals surface area contributed by atoms with Gasteiger partial charge in [0, 0.05) is 38.6 Å². The summed E-state index contributed by atoms with van der Waals surface area (Å²) in [6, 6.07) is 0. The first-order valence-corrected chi connectivity index (χ1v) is 7.58. The Morgan fingerprint density at radius 2 is 1.75 bits per heavy atom. The summed E-state index contributed by atoms with van der Waals surface area (Å²) in [5.41, 5.74) is -0.329. The quantitative estimate of drug-likeness (QED) is 0.468. The minimum atomic E-state index is -0.329. The van der Waals surface area contributed by atoms with Crippen LogP contribution in [0.5, 0.6) is 0 Å². The monoisotopic (exact) mass is 282 g/mol. The number of amides is 1. The van der Waals surface area contributed by atoms with Crippen LogP contribution in [-0.4, -0.2) is 50.0 Å². The summed E-state index contributed by atoms with van der Waals surface area (Å²) in [4.78, 5) is 18.4. The van der Waals surface area contributed by atoms with Crippen molar-refractivity contribution in [3.63, 3.8) is 0 Å². The lowest BCUT2D eigenvalue weighted by Gasteiger charge is -2.33. The fraction of sp³-hybridized carbons (Fsp3) is 0.867.